The lowest BCUT2D eigenvalue weighted by Gasteiger charge is -2.05. The van der Waals surface area contributed by atoms with Gasteiger partial charge in [-0.15, -0.1) is 0 Å². The summed E-state index contributed by atoms with van der Waals surface area (Å²) < 4.78 is 16.5. The van der Waals surface area contributed by atoms with E-state index in [0.29, 0.717) is 34.1 Å². The fourth-order valence-corrected chi connectivity index (χ4v) is 3.80. The maximum absolute atomic E-state index is 14.5. The second-order valence-corrected chi connectivity index (χ2v) is 7.64. The van der Waals surface area contributed by atoms with Crippen molar-refractivity contribution in [3.63, 3.8) is 0 Å². The number of aliphatic imine (C=N–C) groups is 1. The zero-order valence-corrected chi connectivity index (χ0v) is 18.4. The molecule has 0 aliphatic carbocycles. The lowest BCUT2D eigenvalue weighted by atomic mass is 10.1. The number of aromatic amines is 2. The normalized spacial score (nSPS) is 11.9. The highest BCUT2D eigenvalue weighted by Gasteiger charge is 2.21. The summed E-state index contributed by atoms with van der Waals surface area (Å²) in [5.41, 5.74) is 5.13. The SMILES string of the molecule is C=CN=C(c1ccccc1F)c1nc(-c2[nH]nc3ncc(-c4cnc(C)n4C)cc23)[nH]c1C. The number of hydrogen-bond donors (Lipinski definition) is 2. The third-order valence-electron chi connectivity index (χ3n) is 5.62. The van der Waals surface area contributed by atoms with E-state index in [1.165, 1.54) is 12.3 Å². The predicted molar refractivity (Wildman–Crippen MR) is 125 cm³/mol. The van der Waals surface area contributed by atoms with Gasteiger partial charge in [-0.3, -0.25) is 10.1 Å². The van der Waals surface area contributed by atoms with E-state index in [4.69, 9.17) is 4.98 Å². The average Bonchev–Trinajstić information content (AvgIpc) is 3.49. The van der Waals surface area contributed by atoms with Gasteiger partial charge in [-0.1, -0.05) is 18.7 Å². The zero-order valence-electron chi connectivity index (χ0n) is 18.4. The lowest BCUT2D eigenvalue weighted by molar-refractivity contribution is 0.625. The molecular formula is C24H21FN8. The molecule has 0 saturated heterocycles. The Balaban J connectivity index is 1.63. The molecule has 9 heteroatoms. The molecule has 164 valence electrons. The van der Waals surface area contributed by atoms with Crippen molar-refractivity contribution in [3.05, 3.63) is 84.1 Å². The van der Waals surface area contributed by atoms with Crippen LogP contribution in [0.1, 0.15) is 22.8 Å². The molecule has 0 aliphatic rings. The molecule has 33 heavy (non-hydrogen) atoms. The largest absolute Gasteiger partial charge is 0.340 e. The molecule has 1 aromatic carbocycles. The molecule has 5 rings (SSSR count). The topological polar surface area (TPSA) is 100 Å². The van der Waals surface area contributed by atoms with Crippen LogP contribution >= 0.6 is 0 Å². The number of aromatic nitrogens is 7. The summed E-state index contributed by atoms with van der Waals surface area (Å²) >= 11 is 0. The number of H-pyrrole nitrogens is 2. The van der Waals surface area contributed by atoms with Gasteiger partial charge in [0.05, 0.1) is 17.3 Å². The number of halogens is 1. The fourth-order valence-electron chi connectivity index (χ4n) is 3.80. The predicted octanol–water partition coefficient (Wildman–Crippen LogP) is 4.49. The van der Waals surface area contributed by atoms with Gasteiger partial charge in [0.2, 0.25) is 0 Å². The van der Waals surface area contributed by atoms with E-state index in [2.05, 4.69) is 36.7 Å². The number of benzene rings is 1. The first-order chi connectivity index (χ1) is 16.0. The van der Waals surface area contributed by atoms with Gasteiger partial charge in [-0.2, -0.15) is 5.10 Å². The monoisotopic (exact) mass is 440 g/mol. The van der Waals surface area contributed by atoms with E-state index in [1.54, 1.807) is 24.4 Å². The van der Waals surface area contributed by atoms with Crippen molar-refractivity contribution in [3.8, 4) is 22.8 Å². The molecule has 0 radical (unpaired) electrons. The van der Waals surface area contributed by atoms with Crippen molar-refractivity contribution in [2.24, 2.45) is 12.0 Å². The molecule has 0 atom stereocenters. The number of fused-ring (bicyclic) bond motifs is 1. The molecule has 0 aliphatic heterocycles. The highest BCUT2D eigenvalue weighted by atomic mass is 19.1. The first-order valence-corrected chi connectivity index (χ1v) is 10.3. The smallest absolute Gasteiger partial charge is 0.181 e. The standard InChI is InChI=1S/C24H21FN8/c1-5-26-21(16-8-6-7-9-18(16)25)20-13(2)29-24(30-20)22-17-10-15(11-28-23(17)32-31-22)19-12-27-14(3)33(19)4/h5-12H,1H2,2-4H3,(H,29,30)(H,28,31,32). The first-order valence-electron chi connectivity index (χ1n) is 10.3. The summed E-state index contributed by atoms with van der Waals surface area (Å²) in [7, 11) is 1.96. The second kappa shape index (κ2) is 7.94. The van der Waals surface area contributed by atoms with Crippen molar-refractivity contribution in [2.45, 2.75) is 13.8 Å². The van der Waals surface area contributed by atoms with Crippen LogP contribution in [0.15, 0.2) is 60.5 Å². The molecule has 0 spiro atoms. The molecule has 0 bridgehead atoms. The van der Waals surface area contributed by atoms with E-state index < -0.39 is 0 Å². The molecule has 4 aromatic heterocycles. The maximum atomic E-state index is 14.5. The minimum absolute atomic E-state index is 0.351. The quantitative estimate of drug-likeness (QED) is 0.393. The fraction of sp³-hybridized carbons (Fsp3) is 0.125. The third kappa shape index (κ3) is 3.43. The molecule has 0 fully saturated rings. The van der Waals surface area contributed by atoms with E-state index in [9.17, 15) is 4.39 Å². The van der Waals surface area contributed by atoms with Gasteiger partial charge in [0.25, 0.3) is 0 Å². The highest BCUT2D eigenvalue weighted by Crippen LogP contribution is 2.29. The number of nitrogens with one attached hydrogen (secondary N) is 2. The van der Waals surface area contributed by atoms with Crippen LogP contribution in [0.25, 0.3) is 33.8 Å². The zero-order chi connectivity index (χ0) is 23.1. The van der Waals surface area contributed by atoms with Crippen molar-refractivity contribution in [1.82, 2.24) is 34.7 Å². The van der Waals surface area contributed by atoms with Crippen molar-refractivity contribution >= 4 is 16.7 Å². The van der Waals surface area contributed by atoms with Gasteiger partial charge in [0, 0.05) is 36.3 Å². The summed E-state index contributed by atoms with van der Waals surface area (Å²) in [6, 6.07) is 8.47. The highest BCUT2D eigenvalue weighted by molar-refractivity contribution is 6.13. The van der Waals surface area contributed by atoms with Crippen LogP contribution in [0.2, 0.25) is 0 Å². The third-order valence-corrected chi connectivity index (χ3v) is 5.62. The van der Waals surface area contributed by atoms with Crippen LogP contribution in [0.4, 0.5) is 4.39 Å². The van der Waals surface area contributed by atoms with Crippen LogP contribution in [0.3, 0.4) is 0 Å². The Kier molecular flexibility index (Phi) is 4.93. The van der Waals surface area contributed by atoms with Gasteiger partial charge in [0.1, 0.15) is 28.7 Å². The Morgan fingerprint density at radius 3 is 2.73 bits per heavy atom. The van der Waals surface area contributed by atoms with Crippen molar-refractivity contribution in [2.75, 3.05) is 0 Å². The van der Waals surface area contributed by atoms with Crippen LogP contribution in [0.5, 0.6) is 0 Å². The van der Waals surface area contributed by atoms with Gasteiger partial charge >= 0.3 is 0 Å². The molecule has 5 aromatic rings. The molecule has 0 unspecified atom stereocenters. The summed E-state index contributed by atoms with van der Waals surface area (Å²) in [6.45, 7) is 7.49. The minimum Gasteiger partial charge on any atom is -0.340 e. The van der Waals surface area contributed by atoms with Gasteiger partial charge in [-0.05, 0) is 32.0 Å². The Morgan fingerprint density at radius 1 is 1.18 bits per heavy atom. The van der Waals surface area contributed by atoms with Gasteiger partial charge in [-0.25, -0.2) is 19.3 Å². The summed E-state index contributed by atoms with van der Waals surface area (Å²) in [5.74, 6) is 1.08. The van der Waals surface area contributed by atoms with Gasteiger partial charge in [0.15, 0.2) is 11.5 Å². The average molecular weight is 440 g/mol. The minimum atomic E-state index is -0.380. The van der Waals surface area contributed by atoms with Crippen LogP contribution in [0, 0.1) is 19.7 Å². The van der Waals surface area contributed by atoms with E-state index in [-0.39, 0.29) is 5.82 Å². The molecule has 8 nitrogen and oxygen atoms in total. The van der Waals surface area contributed by atoms with Crippen LogP contribution in [-0.4, -0.2) is 40.4 Å². The summed E-state index contributed by atoms with van der Waals surface area (Å²) in [4.78, 5) is 21.2. The molecule has 0 amide bonds. The van der Waals surface area contributed by atoms with E-state index in [1.807, 2.05) is 37.7 Å². The van der Waals surface area contributed by atoms with Crippen LogP contribution < -0.4 is 0 Å². The number of rotatable bonds is 5. The van der Waals surface area contributed by atoms with E-state index in [0.717, 1.165) is 28.2 Å². The first kappa shape index (κ1) is 20.5. The molecular weight excluding hydrogens is 419 g/mol. The van der Waals surface area contributed by atoms with Crippen molar-refractivity contribution in [1.29, 1.82) is 0 Å². The second-order valence-electron chi connectivity index (χ2n) is 7.64. The van der Waals surface area contributed by atoms with Crippen LogP contribution in [-0.2, 0) is 7.05 Å². The Morgan fingerprint density at radius 2 is 2.00 bits per heavy atom. The van der Waals surface area contributed by atoms with Gasteiger partial charge < -0.3 is 9.55 Å². The molecule has 0 saturated carbocycles. The number of hydrogen-bond acceptors (Lipinski definition) is 5. The molecule has 4 heterocycles. The number of aryl methyl sites for hydroxylation is 2. The maximum Gasteiger partial charge on any atom is 0.181 e. The number of imidazole rings is 2. The summed E-state index contributed by atoms with van der Waals surface area (Å²) in [6.07, 6.45) is 4.97. The Hall–Kier alpha value is -4.40. The number of nitrogens with zero attached hydrogens (tertiary/aromatic N) is 6. The molecule has 2 N–H and O–H groups in total. The Bertz CT molecular complexity index is 1540. The Labute approximate surface area is 189 Å². The van der Waals surface area contributed by atoms with E-state index >= 15 is 0 Å². The number of pyridine rings is 1. The summed E-state index contributed by atoms with van der Waals surface area (Å²) in [5, 5.41) is 8.16. The van der Waals surface area contributed by atoms with Crippen molar-refractivity contribution < 1.29 is 4.39 Å². The lowest BCUT2D eigenvalue weighted by Crippen LogP contribution is -2.08.